The van der Waals surface area contributed by atoms with E-state index in [1.165, 1.54) is 29.3 Å². The van der Waals surface area contributed by atoms with E-state index < -0.39 is 20.2 Å². The fraction of sp³-hybridized carbons (Fsp3) is 0.100. The molecule has 3 aromatic carbocycles. The minimum atomic E-state index is -4.25. The molecule has 11 heteroatoms. The SMILES string of the molecule is Cl.NN(Cc1ccc(S(=O)(=O)O)cc1)c1ccccc1Cc1ccc(S(=O)(=O)O)cc1. The molecule has 0 amide bonds. The van der Waals surface area contributed by atoms with Crippen LogP contribution in [0.4, 0.5) is 5.69 Å². The van der Waals surface area contributed by atoms with Crippen molar-refractivity contribution in [1.29, 1.82) is 0 Å². The van der Waals surface area contributed by atoms with E-state index >= 15 is 0 Å². The fourth-order valence-electron chi connectivity index (χ4n) is 2.99. The molecular weight excluding hydrogens is 464 g/mol. The van der Waals surface area contributed by atoms with Gasteiger partial charge in [0.25, 0.3) is 20.2 Å². The van der Waals surface area contributed by atoms with Gasteiger partial charge in [0, 0.05) is 0 Å². The van der Waals surface area contributed by atoms with E-state index in [1.54, 1.807) is 24.3 Å². The van der Waals surface area contributed by atoms with E-state index in [-0.39, 0.29) is 22.2 Å². The number of benzene rings is 3. The first kappa shape index (κ1) is 24.8. The van der Waals surface area contributed by atoms with E-state index in [0.29, 0.717) is 13.0 Å². The molecule has 0 saturated heterocycles. The third-order valence-corrected chi connectivity index (χ3v) is 6.23. The number of rotatable bonds is 7. The molecule has 8 nitrogen and oxygen atoms in total. The van der Waals surface area contributed by atoms with Crippen LogP contribution in [-0.4, -0.2) is 25.9 Å². The summed E-state index contributed by atoms with van der Waals surface area (Å²) < 4.78 is 62.8. The Balaban J connectivity index is 0.00000341. The standard InChI is InChI=1S/C20H20N2O6S2.ClH/c21-22(14-16-7-11-19(12-8-16)30(26,27)28)20-4-2-1-3-17(20)13-15-5-9-18(10-6-15)29(23,24)25;/h1-12H,13-14,21H2,(H,23,24,25)(H,26,27,28);1H. The topological polar surface area (TPSA) is 138 Å². The van der Waals surface area contributed by atoms with Gasteiger partial charge in [-0.25, -0.2) is 5.84 Å². The van der Waals surface area contributed by atoms with Crippen molar-refractivity contribution >= 4 is 38.3 Å². The smallest absolute Gasteiger partial charge is 0.294 e. The molecule has 0 aliphatic heterocycles. The van der Waals surface area contributed by atoms with Gasteiger partial charge in [-0.3, -0.25) is 9.11 Å². The minimum Gasteiger partial charge on any atom is -0.306 e. The molecule has 0 unspecified atom stereocenters. The van der Waals surface area contributed by atoms with Crippen molar-refractivity contribution in [2.75, 3.05) is 5.01 Å². The van der Waals surface area contributed by atoms with E-state index in [0.717, 1.165) is 22.4 Å². The summed E-state index contributed by atoms with van der Waals surface area (Å²) >= 11 is 0. The van der Waals surface area contributed by atoms with Gasteiger partial charge in [-0.05, 0) is 53.4 Å². The third-order valence-electron chi connectivity index (χ3n) is 4.49. The van der Waals surface area contributed by atoms with Crippen LogP contribution in [0.2, 0.25) is 0 Å². The van der Waals surface area contributed by atoms with Gasteiger partial charge in [0.05, 0.1) is 22.0 Å². The molecule has 0 spiro atoms. The summed E-state index contributed by atoms with van der Waals surface area (Å²) in [5.41, 5.74) is 3.22. The summed E-state index contributed by atoms with van der Waals surface area (Å²) in [4.78, 5) is -0.364. The molecular formula is C20H21ClN2O6S2. The zero-order valence-corrected chi connectivity index (χ0v) is 18.6. The molecule has 0 saturated carbocycles. The lowest BCUT2D eigenvalue weighted by Gasteiger charge is -2.22. The molecule has 4 N–H and O–H groups in total. The van der Waals surface area contributed by atoms with Crippen LogP contribution in [0.15, 0.2) is 82.6 Å². The van der Waals surface area contributed by atoms with E-state index in [1.807, 2.05) is 24.3 Å². The van der Waals surface area contributed by atoms with Crippen molar-refractivity contribution in [2.45, 2.75) is 22.8 Å². The van der Waals surface area contributed by atoms with Crippen molar-refractivity contribution in [3.05, 3.63) is 89.5 Å². The van der Waals surface area contributed by atoms with Crippen LogP contribution in [0.3, 0.4) is 0 Å². The molecule has 0 bridgehead atoms. The molecule has 0 atom stereocenters. The zero-order chi connectivity index (χ0) is 21.9. The highest BCUT2D eigenvalue weighted by molar-refractivity contribution is 7.86. The summed E-state index contributed by atoms with van der Waals surface area (Å²) in [6, 6.07) is 19.1. The second-order valence-electron chi connectivity index (χ2n) is 6.67. The molecule has 0 aliphatic carbocycles. The number of hydrazine groups is 1. The summed E-state index contributed by atoms with van der Waals surface area (Å²) in [5, 5.41) is 1.52. The number of nitrogens with zero attached hydrogens (tertiary/aromatic N) is 1. The van der Waals surface area contributed by atoms with E-state index in [2.05, 4.69) is 0 Å². The van der Waals surface area contributed by atoms with Gasteiger partial charge in [-0.15, -0.1) is 12.4 Å². The van der Waals surface area contributed by atoms with Crippen LogP contribution >= 0.6 is 12.4 Å². The minimum absolute atomic E-state index is 0. The molecule has 0 aromatic heterocycles. The predicted octanol–water partition coefficient (Wildman–Crippen LogP) is 3.07. The van der Waals surface area contributed by atoms with Crippen LogP contribution in [0.1, 0.15) is 16.7 Å². The number of para-hydroxylation sites is 1. The Kier molecular flexibility index (Phi) is 7.82. The Morgan fingerprint density at radius 2 is 1.16 bits per heavy atom. The first-order valence-electron chi connectivity index (χ1n) is 8.77. The van der Waals surface area contributed by atoms with Gasteiger partial charge in [0.1, 0.15) is 0 Å². The number of hydrogen-bond acceptors (Lipinski definition) is 6. The average molecular weight is 485 g/mol. The van der Waals surface area contributed by atoms with Gasteiger partial charge >= 0.3 is 0 Å². The van der Waals surface area contributed by atoms with Crippen molar-refractivity contribution in [3.63, 3.8) is 0 Å². The second kappa shape index (κ2) is 9.77. The molecule has 166 valence electrons. The normalized spacial score (nSPS) is 11.6. The van der Waals surface area contributed by atoms with Crippen LogP contribution < -0.4 is 10.9 Å². The molecule has 0 fully saturated rings. The fourth-order valence-corrected chi connectivity index (χ4v) is 3.95. The van der Waals surface area contributed by atoms with Crippen molar-refractivity contribution in [3.8, 4) is 0 Å². The second-order valence-corrected chi connectivity index (χ2v) is 9.51. The van der Waals surface area contributed by atoms with Gasteiger partial charge in [0.15, 0.2) is 0 Å². The molecule has 0 radical (unpaired) electrons. The summed E-state index contributed by atoms with van der Waals surface area (Å²) in [7, 11) is -8.49. The Labute approximate surface area is 187 Å². The Bertz CT molecular complexity index is 1250. The van der Waals surface area contributed by atoms with Gasteiger partial charge in [0.2, 0.25) is 0 Å². The molecule has 31 heavy (non-hydrogen) atoms. The maximum Gasteiger partial charge on any atom is 0.294 e. The Morgan fingerprint density at radius 3 is 1.65 bits per heavy atom. The summed E-state index contributed by atoms with van der Waals surface area (Å²) in [6.45, 7) is 0.296. The lowest BCUT2D eigenvalue weighted by atomic mass is 10.0. The third kappa shape index (κ3) is 6.50. The van der Waals surface area contributed by atoms with Gasteiger partial charge in [-0.1, -0.05) is 42.5 Å². The highest BCUT2D eigenvalue weighted by atomic mass is 35.5. The van der Waals surface area contributed by atoms with Gasteiger partial charge in [-0.2, -0.15) is 16.8 Å². The van der Waals surface area contributed by atoms with E-state index in [9.17, 15) is 16.8 Å². The lowest BCUT2D eigenvalue weighted by Crippen LogP contribution is -2.31. The number of nitrogens with two attached hydrogens (primary N) is 1. The van der Waals surface area contributed by atoms with Gasteiger partial charge < -0.3 is 5.01 Å². The van der Waals surface area contributed by atoms with E-state index in [4.69, 9.17) is 14.9 Å². The van der Waals surface area contributed by atoms with Crippen molar-refractivity contribution in [1.82, 2.24) is 0 Å². The van der Waals surface area contributed by atoms with Crippen LogP contribution in [-0.2, 0) is 33.2 Å². The first-order chi connectivity index (χ1) is 14.0. The average Bonchev–Trinajstić information content (AvgIpc) is 2.68. The van der Waals surface area contributed by atoms with Crippen LogP contribution in [0.25, 0.3) is 0 Å². The number of anilines is 1. The first-order valence-corrected chi connectivity index (χ1v) is 11.6. The lowest BCUT2D eigenvalue weighted by molar-refractivity contribution is 0.481. The highest BCUT2D eigenvalue weighted by Gasteiger charge is 2.13. The summed E-state index contributed by atoms with van der Waals surface area (Å²) in [5.74, 6) is 6.24. The zero-order valence-electron chi connectivity index (χ0n) is 16.1. The quantitative estimate of drug-likeness (QED) is 0.264. The van der Waals surface area contributed by atoms with Crippen molar-refractivity contribution < 1.29 is 25.9 Å². The molecule has 0 heterocycles. The maximum atomic E-state index is 11.2. The van der Waals surface area contributed by atoms with Crippen LogP contribution in [0, 0.1) is 0 Å². The largest absolute Gasteiger partial charge is 0.306 e. The molecule has 0 aliphatic rings. The summed E-state index contributed by atoms with van der Waals surface area (Å²) in [6.07, 6.45) is 0.483. The highest BCUT2D eigenvalue weighted by Crippen LogP contribution is 2.24. The number of hydrogen-bond donors (Lipinski definition) is 3. The number of halogens is 1. The molecule has 3 rings (SSSR count). The van der Waals surface area contributed by atoms with Crippen molar-refractivity contribution in [2.24, 2.45) is 5.84 Å². The van der Waals surface area contributed by atoms with Crippen LogP contribution in [0.5, 0.6) is 0 Å². The monoisotopic (exact) mass is 484 g/mol. The predicted molar refractivity (Wildman–Crippen MR) is 119 cm³/mol. The Hall–Kier alpha value is -2.47. The molecule has 3 aromatic rings. The maximum absolute atomic E-state index is 11.2. The Morgan fingerprint density at radius 1 is 0.710 bits per heavy atom.